The summed E-state index contributed by atoms with van der Waals surface area (Å²) in [5.41, 5.74) is 2.35. The summed E-state index contributed by atoms with van der Waals surface area (Å²) in [4.78, 5) is 0. The fourth-order valence-electron chi connectivity index (χ4n) is 1.26. The molecule has 1 rings (SSSR count). The van der Waals surface area contributed by atoms with Crippen LogP contribution in [-0.2, 0) is 0 Å². The van der Waals surface area contributed by atoms with E-state index in [2.05, 4.69) is 25.6 Å². The van der Waals surface area contributed by atoms with Crippen molar-refractivity contribution in [2.24, 2.45) is 0 Å². The van der Waals surface area contributed by atoms with Gasteiger partial charge in [0.15, 0.2) is 0 Å². The molecule has 0 aliphatic rings. The van der Waals surface area contributed by atoms with Gasteiger partial charge in [-0.15, -0.1) is 11.6 Å². The van der Waals surface area contributed by atoms with Gasteiger partial charge in [-0.2, -0.15) is 0 Å². The lowest BCUT2D eigenvalue weighted by Crippen LogP contribution is -1.89. The molecule has 0 N–H and O–H groups in total. The normalized spacial score (nSPS) is 12.5. The Hall–Kier alpha value is -0.750. The van der Waals surface area contributed by atoms with Gasteiger partial charge in [-0.05, 0) is 17.5 Å². The maximum atomic E-state index is 6.18. The van der Waals surface area contributed by atoms with E-state index in [0.29, 0.717) is 0 Å². The molecule has 0 spiro atoms. The summed E-state index contributed by atoms with van der Waals surface area (Å²) in [6.45, 7) is 5.86. The molecule has 0 saturated heterocycles. The molecule has 0 aliphatic carbocycles. The highest BCUT2D eigenvalue weighted by Crippen LogP contribution is 2.25. The van der Waals surface area contributed by atoms with Crippen LogP contribution in [0.25, 0.3) is 6.08 Å². The monoisotopic (exact) mass is 194 g/mol. The van der Waals surface area contributed by atoms with Crippen molar-refractivity contribution in [1.82, 2.24) is 0 Å². The molecule has 0 nitrogen and oxygen atoms in total. The van der Waals surface area contributed by atoms with Gasteiger partial charge in [0, 0.05) is 0 Å². The number of hydrogen-bond acceptors (Lipinski definition) is 0. The smallest absolute Gasteiger partial charge is 0.0585 e. The average Bonchev–Trinajstić information content (AvgIpc) is 2.18. The third-order valence-corrected chi connectivity index (χ3v) is 2.55. The zero-order valence-corrected chi connectivity index (χ0v) is 8.72. The van der Waals surface area contributed by atoms with E-state index in [4.69, 9.17) is 11.6 Å². The SMILES string of the molecule is C=Cc1ccc(C(Cl)CCC)cc1. The Labute approximate surface area is 85.2 Å². The highest BCUT2D eigenvalue weighted by atomic mass is 35.5. The lowest BCUT2D eigenvalue weighted by molar-refractivity contribution is 0.770. The molecule has 0 radical (unpaired) electrons. The minimum atomic E-state index is 0.156. The van der Waals surface area contributed by atoms with Crippen LogP contribution in [0.3, 0.4) is 0 Å². The number of hydrogen-bond donors (Lipinski definition) is 0. The fraction of sp³-hybridized carbons (Fsp3) is 0.333. The minimum Gasteiger partial charge on any atom is -0.118 e. The van der Waals surface area contributed by atoms with Crippen molar-refractivity contribution in [3.63, 3.8) is 0 Å². The van der Waals surface area contributed by atoms with Crippen LogP contribution in [0.5, 0.6) is 0 Å². The van der Waals surface area contributed by atoms with Gasteiger partial charge in [0.25, 0.3) is 0 Å². The van der Waals surface area contributed by atoms with Gasteiger partial charge >= 0.3 is 0 Å². The molecule has 0 amide bonds. The predicted molar refractivity (Wildman–Crippen MR) is 60.0 cm³/mol. The first-order chi connectivity index (χ1) is 6.27. The molecular formula is C12H15Cl. The number of benzene rings is 1. The summed E-state index contributed by atoms with van der Waals surface area (Å²) in [6, 6.07) is 8.25. The van der Waals surface area contributed by atoms with E-state index in [1.807, 2.05) is 18.2 Å². The lowest BCUT2D eigenvalue weighted by Gasteiger charge is -2.07. The van der Waals surface area contributed by atoms with E-state index in [1.165, 1.54) is 5.56 Å². The van der Waals surface area contributed by atoms with Gasteiger partial charge in [0.05, 0.1) is 5.38 Å². The molecule has 70 valence electrons. The quantitative estimate of drug-likeness (QED) is 0.623. The maximum Gasteiger partial charge on any atom is 0.0585 e. The Bertz CT molecular complexity index is 261. The summed E-state index contributed by atoms with van der Waals surface area (Å²) >= 11 is 6.18. The highest BCUT2D eigenvalue weighted by Gasteiger charge is 2.04. The topological polar surface area (TPSA) is 0 Å². The van der Waals surface area contributed by atoms with E-state index in [-0.39, 0.29) is 5.38 Å². The zero-order chi connectivity index (χ0) is 9.68. The van der Waals surface area contributed by atoms with Gasteiger partial charge in [-0.25, -0.2) is 0 Å². The van der Waals surface area contributed by atoms with Crippen LogP contribution >= 0.6 is 11.6 Å². The predicted octanol–water partition coefficient (Wildman–Crippen LogP) is 4.41. The number of rotatable bonds is 4. The Balaban J connectivity index is 2.73. The van der Waals surface area contributed by atoms with Crippen molar-refractivity contribution in [3.8, 4) is 0 Å². The second-order valence-electron chi connectivity index (χ2n) is 3.13. The van der Waals surface area contributed by atoms with Gasteiger partial charge in [0.1, 0.15) is 0 Å². The Morgan fingerprint density at radius 1 is 1.38 bits per heavy atom. The highest BCUT2D eigenvalue weighted by molar-refractivity contribution is 6.20. The Morgan fingerprint density at radius 3 is 2.46 bits per heavy atom. The second kappa shape index (κ2) is 5.08. The molecule has 0 heterocycles. The van der Waals surface area contributed by atoms with E-state index in [0.717, 1.165) is 18.4 Å². The molecule has 0 aromatic heterocycles. The van der Waals surface area contributed by atoms with E-state index in [1.54, 1.807) is 0 Å². The van der Waals surface area contributed by atoms with E-state index >= 15 is 0 Å². The molecule has 0 fully saturated rings. The van der Waals surface area contributed by atoms with Crippen molar-refractivity contribution in [2.75, 3.05) is 0 Å². The van der Waals surface area contributed by atoms with Gasteiger partial charge in [-0.3, -0.25) is 0 Å². The molecule has 0 aliphatic heterocycles. The van der Waals surface area contributed by atoms with Crippen molar-refractivity contribution in [1.29, 1.82) is 0 Å². The van der Waals surface area contributed by atoms with Gasteiger partial charge in [0.2, 0.25) is 0 Å². The van der Waals surface area contributed by atoms with Crippen molar-refractivity contribution in [3.05, 3.63) is 42.0 Å². The van der Waals surface area contributed by atoms with Crippen molar-refractivity contribution < 1.29 is 0 Å². The molecule has 1 aromatic rings. The van der Waals surface area contributed by atoms with Gasteiger partial charge < -0.3 is 0 Å². The molecular weight excluding hydrogens is 180 g/mol. The fourth-order valence-corrected chi connectivity index (χ4v) is 1.62. The molecule has 0 saturated carbocycles. The summed E-state index contributed by atoms with van der Waals surface area (Å²) in [5, 5.41) is 0.156. The first-order valence-corrected chi connectivity index (χ1v) is 5.08. The van der Waals surface area contributed by atoms with Crippen molar-refractivity contribution >= 4 is 17.7 Å². The summed E-state index contributed by atoms with van der Waals surface area (Å²) < 4.78 is 0. The molecule has 1 heteroatoms. The van der Waals surface area contributed by atoms with Crippen molar-refractivity contribution in [2.45, 2.75) is 25.1 Å². The first-order valence-electron chi connectivity index (χ1n) is 4.64. The third kappa shape index (κ3) is 2.89. The standard InChI is InChI=1S/C12H15Cl/c1-3-5-12(13)11-8-6-10(4-2)7-9-11/h4,6-9,12H,2-3,5H2,1H3. The largest absolute Gasteiger partial charge is 0.118 e. The van der Waals surface area contributed by atoms with Gasteiger partial charge in [-0.1, -0.05) is 50.3 Å². The number of alkyl halides is 1. The van der Waals surface area contributed by atoms with Crippen LogP contribution in [0.1, 0.15) is 36.3 Å². The van der Waals surface area contributed by atoms with E-state index < -0.39 is 0 Å². The van der Waals surface area contributed by atoms with Crippen LogP contribution in [0.15, 0.2) is 30.8 Å². The summed E-state index contributed by atoms with van der Waals surface area (Å²) in [5.74, 6) is 0. The van der Waals surface area contributed by atoms with Crippen LogP contribution < -0.4 is 0 Å². The number of halogens is 1. The molecule has 13 heavy (non-hydrogen) atoms. The van der Waals surface area contributed by atoms with Crippen LogP contribution in [-0.4, -0.2) is 0 Å². The van der Waals surface area contributed by atoms with E-state index in [9.17, 15) is 0 Å². The lowest BCUT2D eigenvalue weighted by atomic mass is 10.1. The Kier molecular flexibility index (Phi) is 4.04. The average molecular weight is 195 g/mol. The molecule has 0 bridgehead atoms. The third-order valence-electron chi connectivity index (χ3n) is 2.08. The van der Waals surface area contributed by atoms with Crippen LogP contribution in [0.2, 0.25) is 0 Å². The maximum absolute atomic E-state index is 6.18. The zero-order valence-electron chi connectivity index (χ0n) is 7.96. The minimum absolute atomic E-state index is 0.156. The first kappa shape index (κ1) is 10.3. The Morgan fingerprint density at radius 2 is 2.00 bits per heavy atom. The molecule has 1 aromatic carbocycles. The summed E-state index contributed by atoms with van der Waals surface area (Å²) in [7, 11) is 0. The second-order valence-corrected chi connectivity index (χ2v) is 3.65. The summed E-state index contributed by atoms with van der Waals surface area (Å²) in [6.07, 6.45) is 4.00. The van der Waals surface area contributed by atoms with Crippen LogP contribution in [0.4, 0.5) is 0 Å². The molecule has 1 atom stereocenters. The molecule has 1 unspecified atom stereocenters. The van der Waals surface area contributed by atoms with Crippen LogP contribution in [0, 0.1) is 0 Å².